The van der Waals surface area contributed by atoms with Crippen molar-refractivity contribution < 1.29 is 12.8 Å². The van der Waals surface area contributed by atoms with E-state index in [1.165, 1.54) is 7.11 Å². The van der Waals surface area contributed by atoms with Gasteiger partial charge in [-0.3, -0.25) is 4.18 Å². The molecule has 2 rings (SSSR count). The summed E-state index contributed by atoms with van der Waals surface area (Å²) in [6.45, 7) is 1.94. The first-order valence-electron chi connectivity index (χ1n) is 6.00. The number of fused-ring (bicyclic) bond motifs is 1. The van der Waals surface area contributed by atoms with Gasteiger partial charge in [-0.1, -0.05) is 19.1 Å². The molecule has 1 unspecified atom stereocenters. The van der Waals surface area contributed by atoms with Gasteiger partial charge < -0.3 is 4.42 Å². The molecule has 0 saturated carbocycles. The fourth-order valence-corrected chi connectivity index (χ4v) is 2.51. The minimum atomic E-state index is -1.32. The molecule has 0 spiro atoms. The summed E-state index contributed by atoms with van der Waals surface area (Å²) in [5.41, 5.74) is 2.10. The number of aromatic nitrogens is 1. The second-order valence-corrected chi connectivity index (χ2v) is 5.35. The fourth-order valence-electron chi connectivity index (χ4n) is 1.96. The predicted octanol–water partition coefficient (Wildman–Crippen LogP) is 1.60. The Morgan fingerprint density at radius 1 is 1.42 bits per heavy atom. The molecule has 1 aromatic heterocycles. The largest absolute Gasteiger partial charge is 0.439 e. The summed E-state index contributed by atoms with van der Waals surface area (Å²) in [7, 11) is 1.40. The molecule has 0 aliphatic rings. The topological polar surface area (TPSA) is 69.4 Å². The number of benzene rings is 1. The Kier molecular flexibility index (Phi) is 4.44. The van der Waals surface area contributed by atoms with E-state index in [1.54, 1.807) is 0 Å². The Balaban J connectivity index is 2.47. The van der Waals surface area contributed by atoms with Gasteiger partial charge >= 0.3 is 5.76 Å². The monoisotopic (exact) mass is 281 g/mol. The number of hydrogen-bond acceptors (Lipinski definition) is 5. The Labute approximate surface area is 113 Å². The first kappa shape index (κ1) is 13.9. The fraction of sp³-hybridized carbons (Fsp3) is 0.385. The number of nitrogens with zero attached hydrogens (tertiary/aromatic N) is 1. The number of para-hydroxylation sites is 1. The molecule has 1 heterocycles. The van der Waals surface area contributed by atoms with E-state index in [0.29, 0.717) is 24.2 Å². The van der Waals surface area contributed by atoms with E-state index in [4.69, 9.17) is 8.60 Å². The Bertz CT molecular complexity index is 665. The van der Waals surface area contributed by atoms with Crippen LogP contribution in [-0.2, 0) is 28.1 Å². The lowest BCUT2D eigenvalue weighted by atomic mass is 10.1. The van der Waals surface area contributed by atoms with Gasteiger partial charge in [0.1, 0.15) is 5.58 Å². The predicted molar refractivity (Wildman–Crippen MR) is 73.4 cm³/mol. The molecule has 2 aromatic rings. The van der Waals surface area contributed by atoms with Gasteiger partial charge in [0.05, 0.1) is 18.6 Å². The summed E-state index contributed by atoms with van der Waals surface area (Å²) in [4.78, 5) is 15.3. The first-order valence-corrected chi connectivity index (χ1v) is 7.24. The summed E-state index contributed by atoms with van der Waals surface area (Å²) in [5.74, 6) is -0.229. The van der Waals surface area contributed by atoms with Crippen molar-refractivity contribution in [2.75, 3.05) is 12.9 Å². The molecule has 0 radical (unpaired) electrons. The quantitative estimate of drug-likeness (QED) is 0.832. The van der Waals surface area contributed by atoms with Crippen molar-refractivity contribution in [2.45, 2.75) is 19.8 Å². The van der Waals surface area contributed by atoms with Crippen LogP contribution >= 0.6 is 0 Å². The van der Waals surface area contributed by atoms with Crippen LogP contribution in [0.1, 0.15) is 18.2 Å². The van der Waals surface area contributed by atoms with Crippen LogP contribution in [0.4, 0.5) is 0 Å². The lowest BCUT2D eigenvalue weighted by Crippen LogP contribution is -2.09. The molecule has 6 heteroatoms. The lowest BCUT2D eigenvalue weighted by Gasteiger charge is -2.06. The Morgan fingerprint density at radius 3 is 2.89 bits per heavy atom. The zero-order valence-corrected chi connectivity index (χ0v) is 11.7. The van der Waals surface area contributed by atoms with E-state index in [-0.39, 0.29) is 0 Å². The third kappa shape index (κ3) is 3.08. The number of hydrogen-bond donors (Lipinski definition) is 0. The van der Waals surface area contributed by atoms with E-state index in [2.05, 4.69) is 4.98 Å². The third-order valence-electron chi connectivity index (χ3n) is 2.88. The normalized spacial score (nSPS) is 12.7. The molecular formula is C13H15NO4S. The summed E-state index contributed by atoms with van der Waals surface area (Å²) in [5, 5.41) is 0.836. The average Bonchev–Trinajstić information content (AvgIpc) is 2.43. The van der Waals surface area contributed by atoms with Gasteiger partial charge in [-0.05, 0) is 24.5 Å². The highest BCUT2D eigenvalue weighted by Crippen LogP contribution is 2.20. The summed E-state index contributed by atoms with van der Waals surface area (Å²) in [6.07, 6.45) is 1.18. The molecule has 0 amide bonds. The van der Waals surface area contributed by atoms with Gasteiger partial charge in [0.25, 0.3) is 0 Å². The zero-order chi connectivity index (χ0) is 13.8. The lowest BCUT2D eigenvalue weighted by molar-refractivity contribution is 0.445. The van der Waals surface area contributed by atoms with E-state index in [0.717, 1.165) is 16.6 Å². The van der Waals surface area contributed by atoms with Gasteiger partial charge in [0.15, 0.2) is 11.1 Å². The Morgan fingerprint density at radius 2 is 2.21 bits per heavy atom. The molecule has 102 valence electrons. The molecule has 19 heavy (non-hydrogen) atoms. The van der Waals surface area contributed by atoms with Crippen molar-refractivity contribution in [1.29, 1.82) is 0 Å². The van der Waals surface area contributed by atoms with Crippen molar-refractivity contribution in [3.05, 3.63) is 40.0 Å². The van der Waals surface area contributed by atoms with Gasteiger partial charge in [-0.25, -0.2) is 9.00 Å². The first-order chi connectivity index (χ1) is 9.15. The van der Waals surface area contributed by atoms with E-state index in [9.17, 15) is 9.00 Å². The highest BCUT2D eigenvalue weighted by molar-refractivity contribution is 7.80. The van der Waals surface area contributed by atoms with Gasteiger partial charge in [0.2, 0.25) is 0 Å². The minimum Gasteiger partial charge on any atom is -0.408 e. The third-order valence-corrected chi connectivity index (χ3v) is 3.79. The van der Waals surface area contributed by atoms with Crippen molar-refractivity contribution >= 4 is 22.0 Å². The zero-order valence-electron chi connectivity index (χ0n) is 10.8. The van der Waals surface area contributed by atoms with E-state index < -0.39 is 16.8 Å². The van der Waals surface area contributed by atoms with Gasteiger partial charge in [-0.15, -0.1) is 0 Å². The van der Waals surface area contributed by atoms with E-state index >= 15 is 0 Å². The molecule has 0 bridgehead atoms. The molecule has 1 aromatic carbocycles. The van der Waals surface area contributed by atoms with Crippen LogP contribution in [0.3, 0.4) is 0 Å². The summed E-state index contributed by atoms with van der Waals surface area (Å²) in [6, 6.07) is 5.62. The number of aryl methyl sites for hydroxylation is 2. The van der Waals surface area contributed by atoms with Crippen LogP contribution in [0.5, 0.6) is 0 Å². The molecule has 0 aliphatic carbocycles. The van der Waals surface area contributed by atoms with Crippen LogP contribution in [0.2, 0.25) is 0 Å². The van der Waals surface area contributed by atoms with Crippen LogP contribution in [0.15, 0.2) is 27.4 Å². The SMILES string of the molecule is CCc1nc(=O)oc2c(CCS(=O)OC)cccc12. The van der Waals surface area contributed by atoms with Crippen molar-refractivity contribution in [2.24, 2.45) is 0 Å². The maximum absolute atomic E-state index is 11.4. The van der Waals surface area contributed by atoms with Gasteiger partial charge in [-0.2, -0.15) is 4.98 Å². The second kappa shape index (κ2) is 6.08. The number of rotatable bonds is 5. The molecular weight excluding hydrogens is 266 g/mol. The highest BCUT2D eigenvalue weighted by Gasteiger charge is 2.10. The molecule has 0 fully saturated rings. The van der Waals surface area contributed by atoms with Crippen molar-refractivity contribution in [1.82, 2.24) is 4.98 Å². The standard InChI is InChI=1S/C13H15NO4S/c1-3-11-10-6-4-5-9(7-8-19(16)17-2)12(10)18-13(15)14-11/h4-6H,3,7-8H2,1-2H3. The molecule has 5 nitrogen and oxygen atoms in total. The molecule has 0 N–H and O–H groups in total. The molecule has 0 saturated heterocycles. The van der Waals surface area contributed by atoms with E-state index in [1.807, 2.05) is 25.1 Å². The average molecular weight is 281 g/mol. The summed E-state index contributed by atoms with van der Waals surface area (Å²) < 4.78 is 21.2. The molecule has 0 aliphatic heterocycles. The molecule has 1 atom stereocenters. The van der Waals surface area contributed by atoms with Crippen molar-refractivity contribution in [3.8, 4) is 0 Å². The van der Waals surface area contributed by atoms with Gasteiger partial charge in [0, 0.05) is 5.39 Å². The smallest absolute Gasteiger partial charge is 0.408 e. The van der Waals surface area contributed by atoms with Crippen LogP contribution in [-0.4, -0.2) is 22.1 Å². The second-order valence-electron chi connectivity index (χ2n) is 4.00. The van der Waals surface area contributed by atoms with Crippen LogP contribution < -0.4 is 5.76 Å². The Hall–Kier alpha value is -1.53. The minimum absolute atomic E-state index is 0.364. The van der Waals surface area contributed by atoms with Crippen molar-refractivity contribution in [3.63, 3.8) is 0 Å². The maximum Gasteiger partial charge on any atom is 0.439 e. The highest BCUT2D eigenvalue weighted by atomic mass is 32.2. The maximum atomic E-state index is 11.4. The summed E-state index contributed by atoms with van der Waals surface area (Å²) >= 11 is -1.32. The van der Waals surface area contributed by atoms with Crippen LogP contribution in [0, 0.1) is 0 Å². The van der Waals surface area contributed by atoms with Crippen LogP contribution in [0.25, 0.3) is 11.0 Å².